The minimum atomic E-state index is -1.09. The number of aromatic hydroxyl groups is 1. The van der Waals surface area contributed by atoms with Crippen molar-refractivity contribution in [1.29, 1.82) is 0 Å². The average Bonchev–Trinajstić information content (AvgIpc) is 2.25. The molecule has 0 unspecified atom stereocenters. The Morgan fingerprint density at radius 1 is 1.30 bits per heavy atom. The van der Waals surface area contributed by atoms with Gasteiger partial charge in [0.25, 0.3) is 0 Å². The van der Waals surface area contributed by atoms with Crippen LogP contribution < -0.4 is 5.32 Å². The van der Waals surface area contributed by atoms with Crippen molar-refractivity contribution in [2.75, 3.05) is 0 Å². The second kappa shape index (κ2) is 6.27. The molecule has 0 aromatic heterocycles. The lowest BCUT2D eigenvalue weighted by Gasteiger charge is -2.23. The first kappa shape index (κ1) is 15.8. The predicted molar refractivity (Wildman–Crippen MR) is 72.5 cm³/mol. The molecule has 110 valence electrons. The summed E-state index contributed by atoms with van der Waals surface area (Å²) in [6.45, 7) is 5.12. The number of alkyl carbamates (subject to hydrolysis) is 1. The van der Waals surface area contributed by atoms with Gasteiger partial charge < -0.3 is 20.3 Å². The number of phenols is 1. The molecule has 0 saturated heterocycles. The predicted octanol–water partition coefficient (Wildman–Crippen LogP) is 2.43. The van der Waals surface area contributed by atoms with Gasteiger partial charge in [0.15, 0.2) is 0 Å². The van der Waals surface area contributed by atoms with E-state index in [1.807, 2.05) is 0 Å². The zero-order valence-corrected chi connectivity index (χ0v) is 11.7. The summed E-state index contributed by atoms with van der Waals surface area (Å²) in [5, 5.41) is 21.1. The van der Waals surface area contributed by atoms with Crippen LogP contribution in [0.5, 0.6) is 5.75 Å². The lowest BCUT2D eigenvalue weighted by atomic mass is 10.0. The fourth-order valence-corrected chi connectivity index (χ4v) is 1.65. The number of aliphatic carboxylic acids is 1. The number of carboxylic acids is 1. The summed E-state index contributed by atoms with van der Waals surface area (Å²) >= 11 is 0. The maximum Gasteiger partial charge on any atom is 0.408 e. The van der Waals surface area contributed by atoms with E-state index in [1.165, 1.54) is 6.07 Å². The van der Waals surface area contributed by atoms with E-state index in [-0.39, 0.29) is 12.2 Å². The molecule has 1 atom stereocenters. The van der Waals surface area contributed by atoms with Crippen molar-refractivity contribution in [2.24, 2.45) is 0 Å². The van der Waals surface area contributed by atoms with Gasteiger partial charge in [0.1, 0.15) is 11.4 Å². The molecule has 6 heteroatoms. The Bertz CT molecular complexity index is 493. The Kier molecular flexibility index (Phi) is 4.96. The number of ether oxygens (including phenoxy) is 1. The largest absolute Gasteiger partial charge is 0.508 e. The van der Waals surface area contributed by atoms with Crippen LogP contribution in [0.3, 0.4) is 0 Å². The maximum atomic E-state index is 11.7. The van der Waals surface area contributed by atoms with Gasteiger partial charge in [-0.05, 0) is 26.8 Å². The molecule has 20 heavy (non-hydrogen) atoms. The van der Waals surface area contributed by atoms with E-state index >= 15 is 0 Å². The summed E-state index contributed by atoms with van der Waals surface area (Å²) in [6.07, 6.45) is -1.08. The topological polar surface area (TPSA) is 95.9 Å². The number of carbonyl (C=O) groups is 2. The number of rotatable bonds is 4. The monoisotopic (exact) mass is 281 g/mol. The van der Waals surface area contributed by atoms with E-state index in [0.29, 0.717) is 5.56 Å². The zero-order chi connectivity index (χ0) is 15.3. The van der Waals surface area contributed by atoms with E-state index in [9.17, 15) is 14.7 Å². The molecule has 0 aliphatic heterocycles. The molecule has 0 fully saturated rings. The number of carboxylic acid groups (broad SMARTS) is 1. The number of hydrogen-bond donors (Lipinski definition) is 3. The highest BCUT2D eigenvalue weighted by Gasteiger charge is 2.24. The fourth-order valence-electron chi connectivity index (χ4n) is 1.65. The molecule has 1 rings (SSSR count). The normalized spacial score (nSPS) is 12.6. The third kappa shape index (κ3) is 5.17. The Morgan fingerprint density at radius 3 is 2.40 bits per heavy atom. The molecule has 0 bridgehead atoms. The van der Waals surface area contributed by atoms with Crippen molar-refractivity contribution in [2.45, 2.75) is 38.8 Å². The number of nitrogens with one attached hydrogen (secondary N) is 1. The summed E-state index contributed by atoms with van der Waals surface area (Å²) < 4.78 is 5.09. The Hall–Kier alpha value is -2.24. The lowest BCUT2D eigenvalue weighted by Crippen LogP contribution is -2.35. The molecule has 1 amide bonds. The van der Waals surface area contributed by atoms with E-state index in [4.69, 9.17) is 9.84 Å². The first-order chi connectivity index (χ1) is 9.19. The van der Waals surface area contributed by atoms with E-state index in [2.05, 4.69) is 5.32 Å². The van der Waals surface area contributed by atoms with Gasteiger partial charge in [-0.15, -0.1) is 0 Å². The third-order valence-electron chi connectivity index (χ3n) is 2.38. The van der Waals surface area contributed by atoms with Crippen molar-refractivity contribution in [3.05, 3.63) is 29.8 Å². The van der Waals surface area contributed by atoms with Gasteiger partial charge in [-0.1, -0.05) is 18.2 Å². The van der Waals surface area contributed by atoms with Crippen LogP contribution in [-0.4, -0.2) is 27.9 Å². The Balaban J connectivity index is 2.88. The first-order valence-electron chi connectivity index (χ1n) is 6.18. The molecule has 0 heterocycles. The minimum absolute atomic E-state index is 0.0743. The molecule has 1 aromatic rings. The number of phenolic OH excluding ortho intramolecular Hbond substituents is 1. The molecule has 0 aliphatic carbocycles. The van der Waals surface area contributed by atoms with Crippen LogP contribution in [0.2, 0.25) is 0 Å². The van der Waals surface area contributed by atoms with Gasteiger partial charge in [0, 0.05) is 5.56 Å². The van der Waals surface area contributed by atoms with Crippen LogP contribution in [-0.2, 0) is 9.53 Å². The first-order valence-corrected chi connectivity index (χ1v) is 6.18. The van der Waals surface area contributed by atoms with Crippen LogP contribution in [0.4, 0.5) is 4.79 Å². The zero-order valence-electron chi connectivity index (χ0n) is 11.7. The van der Waals surface area contributed by atoms with E-state index in [0.717, 1.165) is 0 Å². The number of carbonyl (C=O) groups excluding carboxylic acids is 1. The summed E-state index contributed by atoms with van der Waals surface area (Å²) in [4.78, 5) is 22.6. The molecular formula is C14H19NO5. The number of amides is 1. The molecule has 0 spiro atoms. The summed E-state index contributed by atoms with van der Waals surface area (Å²) in [5.74, 6) is -1.16. The smallest absolute Gasteiger partial charge is 0.408 e. The standard InChI is InChI=1S/C14H19NO5/c1-14(2,3)20-13(19)15-10(8-12(17)18)9-6-4-5-7-11(9)16/h4-7,10,16H,8H2,1-3H3,(H,15,19)(H,17,18)/t10-/m1/s1. The summed E-state index contributed by atoms with van der Waals surface area (Å²) in [7, 11) is 0. The molecule has 3 N–H and O–H groups in total. The maximum absolute atomic E-state index is 11.7. The van der Waals surface area contributed by atoms with E-state index < -0.39 is 23.7 Å². The third-order valence-corrected chi connectivity index (χ3v) is 2.38. The van der Waals surface area contributed by atoms with E-state index in [1.54, 1.807) is 39.0 Å². The van der Waals surface area contributed by atoms with Crippen molar-refractivity contribution in [3.63, 3.8) is 0 Å². The van der Waals surface area contributed by atoms with Crippen LogP contribution in [0.15, 0.2) is 24.3 Å². The second-order valence-corrected chi connectivity index (χ2v) is 5.36. The highest BCUT2D eigenvalue weighted by atomic mass is 16.6. The minimum Gasteiger partial charge on any atom is -0.508 e. The van der Waals surface area contributed by atoms with Gasteiger partial charge in [-0.2, -0.15) is 0 Å². The van der Waals surface area contributed by atoms with Gasteiger partial charge in [0.2, 0.25) is 0 Å². The van der Waals surface area contributed by atoms with Crippen LogP contribution in [0.25, 0.3) is 0 Å². The highest BCUT2D eigenvalue weighted by Crippen LogP contribution is 2.26. The van der Waals surface area contributed by atoms with Gasteiger partial charge in [0.05, 0.1) is 12.5 Å². The molecule has 0 aliphatic rings. The molecule has 6 nitrogen and oxygen atoms in total. The average molecular weight is 281 g/mol. The highest BCUT2D eigenvalue weighted by molar-refractivity contribution is 5.72. The van der Waals surface area contributed by atoms with Crippen molar-refractivity contribution in [3.8, 4) is 5.75 Å². The number of benzene rings is 1. The molecular weight excluding hydrogens is 262 g/mol. The van der Waals surface area contributed by atoms with Crippen LogP contribution in [0.1, 0.15) is 38.8 Å². The van der Waals surface area contributed by atoms with Crippen LogP contribution >= 0.6 is 0 Å². The Morgan fingerprint density at radius 2 is 1.90 bits per heavy atom. The van der Waals surface area contributed by atoms with Gasteiger partial charge >= 0.3 is 12.1 Å². The summed E-state index contributed by atoms with van der Waals surface area (Å²) in [6, 6.07) is 5.40. The SMILES string of the molecule is CC(C)(C)OC(=O)N[C@H](CC(=O)O)c1ccccc1O. The van der Waals surface area contributed by atoms with Gasteiger partial charge in [-0.3, -0.25) is 4.79 Å². The second-order valence-electron chi connectivity index (χ2n) is 5.36. The number of hydrogen-bond acceptors (Lipinski definition) is 4. The fraction of sp³-hybridized carbons (Fsp3) is 0.429. The van der Waals surface area contributed by atoms with Gasteiger partial charge in [-0.25, -0.2) is 4.79 Å². The van der Waals surface area contributed by atoms with Crippen LogP contribution in [0, 0.1) is 0 Å². The molecule has 0 saturated carbocycles. The molecule has 1 aromatic carbocycles. The van der Waals surface area contributed by atoms with Crippen molar-refractivity contribution < 1.29 is 24.5 Å². The quantitative estimate of drug-likeness (QED) is 0.787. The molecule has 0 radical (unpaired) electrons. The summed E-state index contributed by atoms with van der Waals surface area (Å²) in [5.41, 5.74) is -0.350. The Labute approximate surface area is 117 Å². The number of para-hydroxylation sites is 1. The lowest BCUT2D eigenvalue weighted by molar-refractivity contribution is -0.137. The van der Waals surface area contributed by atoms with Crippen molar-refractivity contribution >= 4 is 12.1 Å². The van der Waals surface area contributed by atoms with Crippen molar-refractivity contribution in [1.82, 2.24) is 5.32 Å².